The highest BCUT2D eigenvalue weighted by atomic mass is 16.1. The first-order valence-corrected chi connectivity index (χ1v) is 5.53. The van der Waals surface area contributed by atoms with E-state index in [0.29, 0.717) is 12.5 Å². The van der Waals surface area contributed by atoms with Gasteiger partial charge in [0.05, 0.1) is 12.2 Å². The van der Waals surface area contributed by atoms with Crippen LogP contribution in [0.3, 0.4) is 0 Å². The van der Waals surface area contributed by atoms with Crippen molar-refractivity contribution in [1.82, 2.24) is 15.1 Å². The van der Waals surface area contributed by atoms with Gasteiger partial charge < -0.3 is 11.1 Å². The Balaban J connectivity index is 2.43. The lowest BCUT2D eigenvalue weighted by Gasteiger charge is -2.08. The minimum Gasteiger partial charge on any atom is -0.368 e. The van der Waals surface area contributed by atoms with E-state index < -0.39 is 0 Å². The molecular formula is C11H20N4O. The summed E-state index contributed by atoms with van der Waals surface area (Å²) >= 11 is 0. The fourth-order valence-electron chi connectivity index (χ4n) is 1.34. The molecule has 1 aromatic rings. The normalized spacial score (nSPS) is 13.0. The Labute approximate surface area is 96.0 Å². The van der Waals surface area contributed by atoms with Crippen LogP contribution in [0.1, 0.15) is 26.3 Å². The molecule has 0 radical (unpaired) electrons. The maximum absolute atomic E-state index is 10.8. The number of carbonyl (C=O) groups excluding carboxylic acids is 1. The topological polar surface area (TPSA) is 72.9 Å². The van der Waals surface area contributed by atoms with Crippen LogP contribution in [0.5, 0.6) is 0 Å². The highest BCUT2D eigenvalue weighted by Crippen LogP contribution is 2.02. The van der Waals surface area contributed by atoms with Crippen LogP contribution in [0.4, 0.5) is 0 Å². The number of nitrogens with zero attached hydrogens (tertiary/aromatic N) is 2. The van der Waals surface area contributed by atoms with Crippen LogP contribution in [0.15, 0.2) is 12.4 Å². The van der Waals surface area contributed by atoms with Crippen molar-refractivity contribution in [2.45, 2.75) is 39.9 Å². The van der Waals surface area contributed by atoms with Crippen LogP contribution in [0.2, 0.25) is 0 Å². The van der Waals surface area contributed by atoms with E-state index >= 15 is 0 Å². The highest BCUT2D eigenvalue weighted by Gasteiger charge is 2.08. The van der Waals surface area contributed by atoms with E-state index in [0.717, 1.165) is 12.1 Å². The predicted octanol–water partition coefficient (Wildman–Crippen LogP) is 0.502. The monoisotopic (exact) mass is 224 g/mol. The summed E-state index contributed by atoms with van der Waals surface area (Å²) in [5.74, 6) is 0.236. The van der Waals surface area contributed by atoms with Crippen molar-refractivity contribution in [3.63, 3.8) is 0 Å². The number of rotatable bonds is 6. The fraction of sp³-hybridized carbons (Fsp3) is 0.636. The van der Waals surface area contributed by atoms with Gasteiger partial charge in [-0.05, 0) is 12.8 Å². The third kappa shape index (κ3) is 4.02. The molecule has 0 aromatic carbocycles. The molecule has 90 valence electrons. The molecule has 0 aliphatic carbocycles. The average molecular weight is 224 g/mol. The molecule has 1 amide bonds. The zero-order valence-electron chi connectivity index (χ0n) is 10.1. The Kier molecular flexibility index (Phi) is 4.49. The molecule has 0 unspecified atom stereocenters. The molecule has 0 aliphatic rings. The van der Waals surface area contributed by atoms with Crippen molar-refractivity contribution in [2.24, 2.45) is 11.7 Å². The van der Waals surface area contributed by atoms with Crippen molar-refractivity contribution in [2.75, 3.05) is 0 Å². The molecule has 1 atom stereocenters. The summed E-state index contributed by atoms with van der Waals surface area (Å²) in [6.45, 7) is 7.57. The Hall–Kier alpha value is -1.36. The quantitative estimate of drug-likeness (QED) is 0.739. The summed E-state index contributed by atoms with van der Waals surface area (Å²) in [5.41, 5.74) is 6.21. The summed E-state index contributed by atoms with van der Waals surface area (Å²) in [7, 11) is 0. The lowest BCUT2D eigenvalue weighted by molar-refractivity contribution is -0.119. The van der Waals surface area contributed by atoms with Crippen LogP contribution in [-0.2, 0) is 17.9 Å². The second kappa shape index (κ2) is 5.65. The van der Waals surface area contributed by atoms with Gasteiger partial charge in [0.2, 0.25) is 5.91 Å². The molecular weight excluding hydrogens is 204 g/mol. The SMILES string of the molecule is CC(C)Cn1cc(CN[C@@H](C)C(N)=O)cn1. The summed E-state index contributed by atoms with van der Waals surface area (Å²) in [6.07, 6.45) is 3.80. The molecule has 0 bridgehead atoms. The minimum atomic E-state index is -0.338. The predicted molar refractivity (Wildman–Crippen MR) is 62.6 cm³/mol. The lowest BCUT2D eigenvalue weighted by Crippen LogP contribution is -2.38. The number of primary amides is 1. The van der Waals surface area contributed by atoms with Crippen LogP contribution < -0.4 is 11.1 Å². The van der Waals surface area contributed by atoms with E-state index in [2.05, 4.69) is 24.3 Å². The summed E-state index contributed by atoms with van der Waals surface area (Å²) in [6, 6.07) is -0.312. The van der Waals surface area contributed by atoms with Gasteiger partial charge in [-0.15, -0.1) is 0 Å². The molecule has 0 aliphatic heterocycles. The first-order valence-electron chi connectivity index (χ1n) is 5.53. The lowest BCUT2D eigenvalue weighted by atomic mass is 10.2. The van der Waals surface area contributed by atoms with E-state index in [1.54, 1.807) is 6.92 Å². The second-order valence-electron chi connectivity index (χ2n) is 4.47. The van der Waals surface area contributed by atoms with Gasteiger partial charge in [0.1, 0.15) is 0 Å². The summed E-state index contributed by atoms with van der Waals surface area (Å²) in [5, 5.41) is 7.28. The zero-order valence-corrected chi connectivity index (χ0v) is 10.1. The Morgan fingerprint density at radius 1 is 1.56 bits per heavy atom. The van der Waals surface area contributed by atoms with E-state index in [1.807, 2.05) is 17.1 Å². The van der Waals surface area contributed by atoms with Gasteiger partial charge >= 0.3 is 0 Å². The van der Waals surface area contributed by atoms with Crippen molar-refractivity contribution in [3.05, 3.63) is 18.0 Å². The van der Waals surface area contributed by atoms with Crippen LogP contribution in [0, 0.1) is 5.92 Å². The van der Waals surface area contributed by atoms with Crippen LogP contribution in [-0.4, -0.2) is 21.7 Å². The minimum absolute atomic E-state index is 0.312. The van der Waals surface area contributed by atoms with E-state index in [-0.39, 0.29) is 11.9 Å². The third-order valence-electron chi connectivity index (χ3n) is 2.28. The van der Waals surface area contributed by atoms with E-state index in [9.17, 15) is 4.79 Å². The Morgan fingerprint density at radius 2 is 2.25 bits per heavy atom. The molecule has 0 fully saturated rings. The van der Waals surface area contributed by atoms with Crippen molar-refractivity contribution in [3.8, 4) is 0 Å². The van der Waals surface area contributed by atoms with Gasteiger partial charge in [0.25, 0.3) is 0 Å². The number of aromatic nitrogens is 2. The van der Waals surface area contributed by atoms with Crippen LogP contribution >= 0.6 is 0 Å². The average Bonchev–Trinajstić information content (AvgIpc) is 2.60. The number of nitrogens with one attached hydrogen (secondary N) is 1. The summed E-state index contributed by atoms with van der Waals surface area (Å²) < 4.78 is 1.91. The second-order valence-corrected chi connectivity index (χ2v) is 4.47. The van der Waals surface area contributed by atoms with Gasteiger partial charge in [0, 0.05) is 24.8 Å². The number of hydrogen-bond donors (Lipinski definition) is 2. The molecule has 0 saturated carbocycles. The third-order valence-corrected chi connectivity index (χ3v) is 2.28. The molecule has 3 N–H and O–H groups in total. The number of carbonyl (C=O) groups is 1. The fourth-order valence-corrected chi connectivity index (χ4v) is 1.34. The van der Waals surface area contributed by atoms with Crippen molar-refractivity contribution in [1.29, 1.82) is 0 Å². The van der Waals surface area contributed by atoms with Crippen LogP contribution in [0.25, 0.3) is 0 Å². The molecule has 5 heteroatoms. The zero-order chi connectivity index (χ0) is 12.1. The Bertz CT molecular complexity index is 346. The van der Waals surface area contributed by atoms with Gasteiger partial charge in [-0.2, -0.15) is 5.10 Å². The van der Waals surface area contributed by atoms with Gasteiger partial charge in [-0.1, -0.05) is 13.8 Å². The van der Waals surface area contributed by atoms with E-state index in [1.165, 1.54) is 0 Å². The largest absolute Gasteiger partial charge is 0.368 e. The molecule has 1 aromatic heterocycles. The maximum atomic E-state index is 10.8. The maximum Gasteiger partial charge on any atom is 0.234 e. The molecule has 1 heterocycles. The molecule has 16 heavy (non-hydrogen) atoms. The van der Waals surface area contributed by atoms with Gasteiger partial charge in [-0.25, -0.2) is 0 Å². The molecule has 5 nitrogen and oxygen atoms in total. The first kappa shape index (κ1) is 12.7. The van der Waals surface area contributed by atoms with E-state index in [4.69, 9.17) is 5.73 Å². The summed E-state index contributed by atoms with van der Waals surface area (Å²) in [4.78, 5) is 10.8. The molecule has 1 rings (SSSR count). The van der Waals surface area contributed by atoms with Gasteiger partial charge in [-0.3, -0.25) is 9.48 Å². The first-order chi connectivity index (χ1) is 7.49. The van der Waals surface area contributed by atoms with Crippen molar-refractivity contribution >= 4 is 5.91 Å². The molecule has 0 spiro atoms. The number of hydrogen-bond acceptors (Lipinski definition) is 3. The van der Waals surface area contributed by atoms with Gasteiger partial charge in [0.15, 0.2) is 0 Å². The van der Waals surface area contributed by atoms with Crippen molar-refractivity contribution < 1.29 is 4.79 Å². The number of amides is 1. The smallest absolute Gasteiger partial charge is 0.234 e. The Morgan fingerprint density at radius 3 is 2.81 bits per heavy atom. The molecule has 0 saturated heterocycles. The number of nitrogens with two attached hydrogens (primary N) is 1. The highest BCUT2D eigenvalue weighted by molar-refractivity contribution is 5.79. The standard InChI is InChI=1S/C11H20N4O/c1-8(2)6-15-7-10(5-14-15)4-13-9(3)11(12)16/h5,7-9,13H,4,6H2,1-3H3,(H2,12,16)/t9-/m0/s1.